The van der Waals surface area contributed by atoms with Gasteiger partial charge in [-0.1, -0.05) is 75.0 Å². The quantitative estimate of drug-likeness (QED) is 0.333. The molecule has 5 aliphatic rings. The van der Waals surface area contributed by atoms with Crippen LogP contribution in [0.4, 0.5) is 0 Å². The topological polar surface area (TPSA) is 6.48 Å². The molecule has 2 nitrogen and oxygen atoms in total. The van der Waals surface area contributed by atoms with Crippen molar-refractivity contribution >= 4 is 0 Å². The van der Waals surface area contributed by atoms with E-state index in [9.17, 15) is 0 Å². The van der Waals surface area contributed by atoms with Crippen LogP contribution in [0, 0.1) is 23.7 Å². The molecule has 2 saturated heterocycles. The minimum Gasteiger partial charge on any atom is -0.303 e. The van der Waals surface area contributed by atoms with Crippen molar-refractivity contribution < 1.29 is 0 Å². The van der Waals surface area contributed by atoms with Crippen molar-refractivity contribution in [2.24, 2.45) is 23.7 Å². The molecule has 5 rings (SSSR count). The Morgan fingerprint density at radius 2 is 1.12 bits per heavy atom. The van der Waals surface area contributed by atoms with Crippen LogP contribution >= 0.6 is 0 Å². The maximum atomic E-state index is 2.88. The summed E-state index contributed by atoms with van der Waals surface area (Å²) >= 11 is 0. The van der Waals surface area contributed by atoms with E-state index >= 15 is 0 Å². The van der Waals surface area contributed by atoms with Gasteiger partial charge in [0.1, 0.15) is 0 Å². The summed E-state index contributed by atoms with van der Waals surface area (Å²) in [5.74, 6) is 3.80. The third kappa shape index (κ3) is 8.98. The van der Waals surface area contributed by atoms with E-state index in [1.165, 1.54) is 142 Å². The molecule has 6 bridgehead atoms. The number of rotatable bonds is 0. The Kier molecular flexibility index (Phi) is 11.8. The van der Waals surface area contributed by atoms with Gasteiger partial charge in [0.2, 0.25) is 0 Å². The van der Waals surface area contributed by atoms with Gasteiger partial charge in [0.15, 0.2) is 0 Å². The van der Waals surface area contributed by atoms with Crippen molar-refractivity contribution in [3.05, 3.63) is 36.5 Å². The fourth-order valence-corrected chi connectivity index (χ4v) is 7.48. The smallest absolute Gasteiger partial charge is 0.00162 e. The van der Waals surface area contributed by atoms with Crippen molar-refractivity contribution in [3.63, 3.8) is 0 Å². The molecule has 0 aromatic heterocycles. The van der Waals surface area contributed by atoms with Crippen LogP contribution in [0.3, 0.4) is 0 Å². The van der Waals surface area contributed by atoms with E-state index in [0.29, 0.717) is 0 Å². The first kappa shape index (κ1) is 26.2. The second-order valence-corrected chi connectivity index (χ2v) is 12.0. The van der Waals surface area contributed by atoms with Crippen molar-refractivity contribution in [3.8, 4) is 0 Å². The lowest BCUT2D eigenvalue weighted by Gasteiger charge is -2.47. The third-order valence-corrected chi connectivity index (χ3v) is 9.33. The van der Waals surface area contributed by atoms with E-state index in [-0.39, 0.29) is 0 Å². The highest BCUT2D eigenvalue weighted by molar-refractivity contribution is 5.02. The monoisotopic (exact) mass is 466 g/mol. The molecule has 0 aromatic carbocycles. The second kappa shape index (κ2) is 15.3. The third-order valence-electron chi connectivity index (χ3n) is 9.33. The Labute approximate surface area is 211 Å². The molecule has 2 fully saturated rings. The zero-order valence-corrected chi connectivity index (χ0v) is 22.2. The SMILES string of the molecule is C1=CCCCCCC[C@H]2CN3CC/C=C\CCCCCC[C@H]4C[C@H](CN(CCC=C1)C4)[C@H]2CC3. The number of allylic oxidation sites excluding steroid dienone is 4. The maximum absolute atomic E-state index is 2.88. The van der Waals surface area contributed by atoms with E-state index < -0.39 is 0 Å². The first-order valence-electron chi connectivity index (χ1n) is 15.3. The van der Waals surface area contributed by atoms with Crippen LogP contribution < -0.4 is 0 Å². The average molecular weight is 467 g/mol. The van der Waals surface area contributed by atoms with Crippen molar-refractivity contribution in [1.29, 1.82) is 0 Å². The predicted octanol–water partition coefficient (Wildman–Crippen LogP) is 8.02. The molecular formula is C32H54N2. The molecule has 34 heavy (non-hydrogen) atoms. The molecule has 0 N–H and O–H groups in total. The summed E-state index contributed by atoms with van der Waals surface area (Å²) in [6.07, 6.45) is 36.8. The first-order chi connectivity index (χ1) is 16.9. The van der Waals surface area contributed by atoms with Gasteiger partial charge in [-0.2, -0.15) is 0 Å². The molecule has 5 heterocycles. The molecule has 2 unspecified atom stereocenters. The lowest BCUT2D eigenvalue weighted by atomic mass is 9.69. The Hall–Kier alpha value is -0.860. The first-order valence-corrected chi connectivity index (χ1v) is 15.3. The zero-order valence-electron chi connectivity index (χ0n) is 22.2. The fourth-order valence-electron chi connectivity index (χ4n) is 7.48. The van der Waals surface area contributed by atoms with Gasteiger partial charge in [0.25, 0.3) is 0 Å². The molecule has 0 aliphatic carbocycles. The van der Waals surface area contributed by atoms with Crippen LogP contribution in [-0.2, 0) is 0 Å². The molecule has 5 aliphatic heterocycles. The molecule has 0 radical (unpaired) electrons. The van der Waals surface area contributed by atoms with Crippen LogP contribution in [0.2, 0.25) is 0 Å². The summed E-state index contributed by atoms with van der Waals surface area (Å²) in [5.41, 5.74) is 0. The molecular weight excluding hydrogens is 412 g/mol. The highest BCUT2D eigenvalue weighted by Gasteiger charge is 2.38. The molecule has 6 atom stereocenters. The van der Waals surface area contributed by atoms with Crippen LogP contribution in [0.15, 0.2) is 36.5 Å². The molecule has 0 saturated carbocycles. The number of piperidine rings is 2. The Bertz CT molecular complexity index is 635. The van der Waals surface area contributed by atoms with Crippen LogP contribution in [0.25, 0.3) is 0 Å². The average Bonchev–Trinajstić information content (AvgIpc) is 2.85. The molecule has 192 valence electrons. The zero-order chi connectivity index (χ0) is 23.3. The van der Waals surface area contributed by atoms with Crippen LogP contribution in [0.1, 0.15) is 103 Å². The Morgan fingerprint density at radius 1 is 0.471 bits per heavy atom. The van der Waals surface area contributed by atoms with Gasteiger partial charge in [-0.05, 0) is 94.4 Å². The fraction of sp³-hybridized carbons (Fsp3) is 0.812. The number of fused-ring (bicyclic) bond motifs is 10. The van der Waals surface area contributed by atoms with Gasteiger partial charge in [-0.3, -0.25) is 0 Å². The standard InChI is InChI=1S/C32H54N2/c1-2-5-10-14-18-23-34-26-29-19-15-11-7-4-6-9-13-17-22-33-24-21-32(31(25-29)28-34)30(27-33)20-16-12-8-3-1/h2,5,9-10,13-14,29-32H,1,3-4,6-8,11-12,15-28H2/b5-2?,13-9-,14-10?/t29-,30-,31+,32-/m0/s1. The lowest BCUT2D eigenvalue weighted by molar-refractivity contribution is 0.0202. The minimum atomic E-state index is 0.939. The number of hydrogen-bond acceptors (Lipinski definition) is 2. The molecule has 0 aromatic rings. The van der Waals surface area contributed by atoms with E-state index in [2.05, 4.69) is 46.3 Å². The maximum Gasteiger partial charge on any atom is 0.00162 e. The highest BCUT2D eigenvalue weighted by atomic mass is 15.1. The van der Waals surface area contributed by atoms with E-state index in [1.807, 2.05) is 0 Å². The van der Waals surface area contributed by atoms with Crippen molar-refractivity contribution in [2.45, 2.75) is 103 Å². The summed E-state index contributed by atoms with van der Waals surface area (Å²) in [6.45, 7) is 8.04. The van der Waals surface area contributed by atoms with Gasteiger partial charge in [0.05, 0.1) is 0 Å². The van der Waals surface area contributed by atoms with Gasteiger partial charge in [-0.25, -0.2) is 0 Å². The lowest BCUT2D eigenvalue weighted by Crippen LogP contribution is -2.49. The largest absolute Gasteiger partial charge is 0.303 e. The predicted molar refractivity (Wildman–Crippen MR) is 148 cm³/mol. The molecule has 0 spiro atoms. The minimum absolute atomic E-state index is 0.939. The molecule has 2 heteroatoms. The number of nitrogens with zero attached hydrogens (tertiary/aromatic N) is 2. The van der Waals surface area contributed by atoms with Crippen LogP contribution in [0.5, 0.6) is 0 Å². The summed E-state index contributed by atoms with van der Waals surface area (Å²) in [4.78, 5) is 5.71. The second-order valence-electron chi connectivity index (χ2n) is 12.0. The Balaban J connectivity index is 1.48. The summed E-state index contributed by atoms with van der Waals surface area (Å²) in [7, 11) is 0. The van der Waals surface area contributed by atoms with Crippen LogP contribution in [-0.4, -0.2) is 49.1 Å². The van der Waals surface area contributed by atoms with Crippen molar-refractivity contribution in [2.75, 3.05) is 39.3 Å². The summed E-state index contributed by atoms with van der Waals surface area (Å²) in [6, 6.07) is 0. The molecule has 0 amide bonds. The number of hydrogen-bond donors (Lipinski definition) is 0. The Morgan fingerprint density at radius 3 is 2.00 bits per heavy atom. The van der Waals surface area contributed by atoms with Gasteiger partial charge in [-0.15, -0.1) is 0 Å². The summed E-state index contributed by atoms with van der Waals surface area (Å²) < 4.78 is 0. The summed E-state index contributed by atoms with van der Waals surface area (Å²) in [5, 5.41) is 0. The van der Waals surface area contributed by atoms with Gasteiger partial charge < -0.3 is 9.80 Å². The normalized spacial score (nSPS) is 38.4. The highest BCUT2D eigenvalue weighted by Crippen LogP contribution is 2.40. The van der Waals surface area contributed by atoms with E-state index in [1.54, 1.807) is 0 Å². The van der Waals surface area contributed by atoms with Crippen molar-refractivity contribution in [1.82, 2.24) is 9.80 Å². The van der Waals surface area contributed by atoms with Gasteiger partial charge >= 0.3 is 0 Å². The van der Waals surface area contributed by atoms with E-state index in [0.717, 1.165) is 23.7 Å². The van der Waals surface area contributed by atoms with E-state index in [4.69, 9.17) is 0 Å². The van der Waals surface area contributed by atoms with Gasteiger partial charge in [0, 0.05) is 32.7 Å².